The second-order valence-corrected chi connectivity index (χ2v) is 2.99. The molecule has 94 valence electrons. The van der Waals surface area contributed by atoms with E-state index < -0.39 is 12.1 Å². The van der Waals surface area contributed by atoms with Gasteiger partial charge in [-0.15, -0.1) is 0 Å². The van der Waals surface area contributed by atoms with Crippen molar-refractivity contribution in [2.24, 2.45) is 0 Å². The molecule has 0 aliphatic heterocycles. The number of alkyl halides is 2. The third kappa shape index (κ3) is 3.30. The summed E-state index contributed by atoms with van der Waals surface area (Å²) in [5.41, 5.74) is 0. The van der Waals surface area contributed by atoms with E-state index in [0.29, 0.717) is 0 Å². The molecule has 0 bridgehead atoms. The highest BCUT2D eigenvalue weighted by atomic mass is 19.3. The van der Waals surface area contributed by atoms with Crippen LogP contribution in [0.3, 0.4) is 0 Å². The molecule has 0 aliphatic carbocycles. The summed E-state index contributed by atoms with van der Waals surface area (Å²) in [6.45, 7) is 1.28. The number of rotatable bonds is 5. The summed E-state index contributed by atoms with van der Waals surface area (Å²) in [6.07, 6.45) is -4.04. The van der Waals surface area contributed by atoms with Crippen molar-refractivity contribution in [3.8, 4) is 11.5 Å². The van der Waals surface area contributed by atoms with Crippen LogP contribution in [0.2, 0.25) is 0 Å². The van der Waals surface area contributed by atoms with Gasteiger partial charge in [0.05, 0.1) is 13.7 Å². The Balaban J connectivity index is 2.85. The van der Waals surface area contributed by atoms with E-state index in [9.17, 15) is 13.6 Å². The summed E-state index contributed by atoms with van der Waals surface area (Å²) in [5.74, 6) is -1.85. The van der Waals surface area contributed by atoms with Crippen molar-refractivity contribution in [2.75, 3.05) is 13.7 Å². The lowest BCUT2D eigenvalue weighted by Gasteiger charge is -2.17. The minimum Gasteiger partial charge on any atom is -0.493 e. The number of halogens is 2. The summed E-state index contributed by atoms with van der Waals surface area (Å²) in [6, 6.07) is 5.79. The first kappa shape index (κ1) is 13.2. The minimum absolute atomic E-state index is 0.108. The predicted octanol–water partition coefficient (Wildman–Crippen LogP) is 2.23. The maximum Gasteiger partial charge on any atom is 0.502 e. The fourth-order valence-electron chi connectivity index (χ4n) is 1.10. The molecule has 0 radical (unpaired) electrons. The van der Waals surface area contributed by atoms with Gasteiger partial charge in [-0.1, -0.05) is 12.1 Å². The van der Waals surface area contributed by atoms with Crippen LogP contribution in [-0.4, -0.2) is 25.8 Å². The van der Waals surface area contributed by atoms with E-state index in [1.54, 1.807) is 6.07 Å². The number of methoxy groups -OCH3 is 1. The fourth-order valence-corrected chi connectivity index (χ4v) is 1.10. The predicted molar refractivity (Wildman–Crippen MR) is 55.2 cm³/mol. The molecule has 0 aliphatic rings. The van der Waals surface area contributed by atoms with Gasteiger partial charge in [0.2, 0.25) is 0 Å². The number of carbonyl (C=O) groups excluding carboxylic acids is 1. The van der Waals surface area contributed by atoms with E-state index in [4.69, 9.17) is 4.74 Å². The highest BCUT2D eigenvalue weighted by Crippen LogP contribution is 2.31. The molecule has 0 aromatic heterocycles. The number of para-hydroxylation sites is 2. The minimum atomic E-state index is -4.04. The third-order valence-electron chi connectivity index (χ3n) is 1.82. The maximum atomic E-state index is 13.3. The SMILES string of the molecule is CCOC(=O)C(F)(F)Oc1ccccc1OC. The van der Waals surface area contributed by atoms with Crippen LogP contribution in [0.25, 0.3) is 0 Å². The molecule has 0 heterocycles. The van der Waals surface area contributed by atoms with E-state index >= 15 is 0 Å². The first-order chi connectivity index (χ1) is 8.01. The zero-order valence-electron chi connectivity index (χ0n) is 9.41. The topological polar surface area (TPSA) is 44.8 Å². The molecule has 17 heavy (non-hydrogen) atoms. The number of hydrogen-bond donors (Lipinski definition) is 0. The van der Waals surface area contributed by atoms with Gasteiger partial charge in [-0.3, -0.25) is 0 Å². The highest BCUT2D eigenvalue weighted by Gasteiger charge is 2.44. The molecule has 0 atom stereocenters. The Morgan fingerprint density at radius 2 is 1.88 bits per heavy atom. The lowest BCUT2D eigenvalue weighted by molar-refractivity contribution is -0.216. The largest absolute Gasteiger partial charge is 0.502 e. The van der Waals surface area contributed by atoms with Gasteiger partial charge >= 0.3 is 12.1 Å². The molecule has 4 nitrogen and oxygen atoms in total. The van der Waals surface area contributed by atoms with Gasteiger partial charge in [0.25, 0.3) is 0 Å². The number of esters is 1. The van der Waals surface area contributed by atoms with Crippen molar-refractivity contribution in [1.82, 2.24) is 0 Å². The van der Waals surface area contributed by atoms with E-state index in [1.165, 1.54) is 32.2 Å². The molecule has 0 saturated heterocycles. The van der Waals surface area contributed by atoms with Gasteiger partial charge in [-0.05, 0) is 19.1 Å². The Labute approximate surface area is 97.1 Å². The van der Waals surface area contributed by atoms with Crippen LogP contribution in [-0.2, 0) is 9.53 Å². The van der Waals surface area contributed by atoms with E-state index in [2.05, 4.69) is 9.47 Å². The fraction of sp³-hybridized carbons (Fsp3) is 0.364. The Morgan fingerprint density at radius 3 is 2.41 bits per heavy atom. The summed E-state index contributed by atoms with van der Waals surface area (Å²) in [5, 5.41) is 0. The van der Waals surface area contributed by atoms with Crippen molar-refractivity contribution in [2.45, 2.75) is 13.0 Å². The molecule has 0 fully saturated rings. The molecule has 0 saturated carbocycles. The molecule has 1 aromatic carbocycles. The van der Waals surface area contributed by atoms with Crippen LogP contribution in [0.5, 0.6) is 11.5 Å². The summed E-state index contributed by atoms with van der Waals surface area (Å²) in [4.78, 5) is 10.9. The van der Waals surface area contributed by atoms with E-state index in [1.807, 2.05) is 0 Å². The molecular formula is C11H12F2O4. The van der Waals surface area contributed by atoms with Crippen molar-refractivity contribution in [3.05, 3.63) is 24.3 Å². The quantitative estimate of drug-likeness (QED) is 0.747. The maximum absolute atomic E-state index is 13.3. The second-order valence-electron chi connectivity index (χ2n) is 2.99. The highest BCUT2D eigenvalue weighted by molar-refractivity contribution is 5.76. The average molecular weight is 246 g/mol. The Kier molecular flexibility index (Phi) is 4.25. The number of ether oxygens (including phenoxy) is 3. The average Bonchev–Trinajstić information content (AvgIpc) is 2.29. The normalized spacial score (nSPS) is 10.8. The van der Waals surface area contributed by atoms with Crippen molar-refractivity contribution < 1.29 is 27.8 Å². The molecule has 0 unspecified atom stereocenters. The van der Waals surface area contributed by atoms with Gasteiger partial charge in [0.15, 0.2) is 11.5 Å². The molecule has 0 amide bonds. The monoisotopic (exact) mass is 246 g/mol. The lowest BCUT2D eigenvalue weighted by atomic mass is 10.3. The van der Waals surface area contributed by atoms with Gasteiger partial charge < -0.3 is 14.2 Å². The first-order valence-corrected chi connectivity index (χ1v) is 4.88. The Morgan fingerprint density at radius 1 is 1.29 bits per heavy atom. The number of benzene rings is 1. The van der Waals surface area contributed by atoms with E-state index in [0.717, 1.165) is 0 Å². The third-order valence-corrected chi connectivity index (χ3v) is 1.82. The lowest BCUT2D eigenvalue weighted by Crippen LogP contribution is -2.37. The number of carbonyl (C=O) groups is 1. The molecule has 6 heteroatoms. The zero-order valence-corrected chi connectivity index (χ0v) is 9.41. The summed E-state index contributed by atoms with van der Waals surface area (Å²) >= 11 is 0. The molecule has 1 rings (SSSR count). The van der Waals surface area contributed by atoms with Crippen LogP contribution in [0.4, 0.5) is 8.78 Å². The van der Waals surface area contributed by atoms with Crippen molar-refractivity contribution >= 4 is 5.97 Å². The van der Waals surface area contributed by atoms with Crippen LogP contribution in [0.15, 0.2) is 24.3 Å². The van der Waals surface area contributed by atoms with Crippen LogP contribution in [0.1, 0.15) is 6.92 Å². The van der Waals surface area contributed by atoms with Crippen molar-refractivity contribution in [3.63, 3.8) is 0 Å². The van der Waals surface area contributed by atoms with Gasteiger partial charge in [-0.2, -0.15) is 8.78 Å². The van der Waals surface area contributed by atoms with Gasteiger partial charge in [0.1, 0.15) is 0 Å². The second kappa shape index (κ2) is 5.47. The standard InChI is InChI=1S/C11H12F2O4/c1-3-16-10(14)11(12,13)17-9-7-5-4-6-8(9)15-2/h4-7H,3H2,1-2H3. The molecule has 0 spiro atoms. The van der Waals surface area contributed by atoms with Crippen LogP contribution < -0.4 is 9.47 Å². The Bertz CT molecular complexity index is 393. The van der Waals surface area contributed by atoms with Gasteiger partial charge in [-0.25, -0.2) is 4.79 Å². The summed E-state index contributed by atoms with van der Waals surface area (Å²) in [7, 11) is 1.31. The zero-order chi connectivity index (χ0) is 12.9. The molecule has 1 aromatic rings. The number of hydrogen-bond acceptors (Lipinski definition) is 4. The van der Waals surface area contributed by atoms with Crippen LogP contribution in [0, 0.1) is 0 Å². The van der Waals surface area contributed by atoms with E-state index in [-0.39, 0.29) is 18.1 Å². The van der Waals surface area contributed by atoms with Crippen LogP contribution >= 0.6 is 0 Å². The molecule has 0 N–H and O–H groups in total. The summed E-state index contributed by atoms with van der Waals surface area (Å²) < 4.78 is 39.8. The van der Waals surface area contributed by atoms with Gasteiger partial charge in [0, 0.05) is 0 Å². The Hall–Kier alpha value is -1.85. The molecular weight excluding hydrogens is 234 g/mol. The first-order valence-electron chi connectivity index (χ1n) is 4.88. The van der Waals surface area contributed by atoms with Crippen molar-refractivity contribution in [1.29, 1.82) is 0 Å². The smallest absolute Gasteiger partial charge is 0.493 e.